The van der Waals surface area contributed by atoms with Crippen LogP contribution in [0.15, 0.2) is 24.3 Å². The number of rotatable bonds is 3. The Hall–Kier alpha value is -1.06. The molecule has 0 aliphatic carbocycles. The van der Waals surface area contributed by atoms with Gasteiger partial charge in [0, 0.05) is 30.2 Å². The maximum absolute atomic E-state index is 12.0. The molecular formula is C12H15ClN2O. The summed E-state index contributed by atoms with van der Waals surface area (Å²) in [6.07, 6.45) is 1.15. The minimum Gasteiger partial charge on any atom is -0.340 e. The van der Waals surface area contributed by atoms with Gasteiger partial charge in [-0.1, -0.05) is 11.6 Å². The largest absolute Gasteiger partial charge is 0.340 e. The van der Waals surface area contributed by atoms with Crippen molar-refractivity contribution in [3.63, 3.8) is 0 Å². The van der Waals surface area contributed by atoms with Gasteiger partial charge in [-0.25, -0.2) is 0 Å². The van der Waals surface area contributed by atoms with Crippen LogP contribution in [0.25, 0.3) is 0 Å². The number of nitrogens with one attached hydrogen (secondary N) is 1. The molecule has 4 heteroatoms. The van der Waals surface area contributed by atoms with Crippen LogP contribution in [-0.2, 0) is 0 Å². The van der Waals surface area contributed by atoms with Crippen LogP contribution in [0.3, 0.4) is 0 Å². The third kappa shape index (κ3) is 2.54. The van der Waals surface area contributed by atoms with Crippen LogP contribution >= 0.6 is 11.6 Å². The smallest absolute Gasteiger partial charge is 0.253 e. The van der Waals surface area contributed by atoms with Crippen molar-refractivity contribution >= 4 is 17.5 Å². The van der Waals surface area contributed by atoms with Crippen molar-refractivity contribution in [1.82, 2.24) is 10.2 Å². The number of carbonyl (C=O) groups excluding carboxylic acids is 1. The molecule has 0 aromatic heterocycles. The van der Waals surface area contributed by atoms with E-state index in [0.29, 0.717) is 16.6 Å². The van der Waals surface area contributed by atoms with Crippen LogP contribution in [0.4, 0.5) is 0 Å². The number of nitrogens with zero attached hydrogens (tertiary/aromatic N) is 1. The molecule has 0 saturated carbocycles. The monoisotopic (exact) mass is 238 g/mol. The second-order valence-corrected chi connectivity index (χ2v) is 4.57. The van der Waals surface area contributed by atoms with E-state index in [1.165, 1.54) is 0 Å². The summed E-state index contributed by atoms with van der Waals surface area (Å²) in [5, 5.41) is 3.93. The van der Waals surface area contributed by atoms with Crippen molar-refractivity contribution in [3.8, 4) is 0 Å². The highest BCUT2D eigenvalue weighted by atomic mass is 35.5. The predicted octanol–water partition coefficient (Wildman–Crippen LogP) is 1.77. The Morgan fingerprint density at radius 1 is 1.50 bits per heavy atom. The topological polar surface area (TPSA) is 32.3 Å². The molecule has 86 valence electrons. The van der Waals surface area contributed by atoms with Gasteiger partial charge in [-0.15, -0.1) is 0 Å². The van der Waals surface area contributed by atoms with Gasteiger partial charge in [-0.3, -0.25) is 4.79 Å². The molecule has 16 heavy (non-hydrogen) atoms. The summed E-state index contributed by atoms with van der Waals surface area (Å²) in [5.41, 5.74) is 0.686. The van der Waals surface area contributed by atoms with Crippen molar-refractivity contribution in [1.29, 1.82) is 0 Å². The van der Waals surface area contributed by atoms with E-state index in [9.17, 15) is 4.79 Å². The molecule has 0 spiro atoms. The van der Waals surface area contributed by atoms with Crippen molar-refractivity contribution in [2.45, 2.75) is 12.5 Å². The summed E-state index contributed by atoms with van der Waals surface area (Å²) in [4.78, 5) is 13.7. The van der Waals surface area contributed by atoms with E-state index in [2.05, 4.69) is 5.32 Å². The lowest BCUT2D eigenvalue weighted by Gasteiger charge is -2.31. The van der Waals surface area contributed by atoms with Gasteiger partial charge in [-0.05, 0) is 37.2 Å². The lowest BCUT2D eigenvalue weighted by Crippen LogP contribution is -2.50. The molecule has 1 aromatic carbocycles. The molecule has 1 fully saturated rings. The summed E-state index contributed by atoms with van der Waals surface area (Å²) in [5.74, 6) is 0.0466. The van der Waals surface area contributed by atoms with Crippen LogP contribution in [0.1, 0.15) is 16.8 Å². The van der Waals surface area contributed by atoms with E-state index in [0.717, 1.165) is 19.5 Å². The van der Waals surface area contributed by atoms with Crippen molar-refractivity contribution in [2.24, 2.45) is 0 Å². The molecule has 1 heterocycles. The number of halogens is 1. The first kappa shape index (κ1) is 11.4. The number of hydrogen-bond donors (Lipinski definition) is 1. The van der Waals surface area contributed by atoms with E-state index in [4.69, 9.17) is 11.6 Å². The lowest BCUT2D eigenvalue weighted by atomic mass is 10.1. The van der Waals surface area contributed by atoms with Crippen molar-refractivity contribution in [2.75, 3.05) is 20.1 Å². The first-order chi connectivity index (χ1) is 7.66. The molecule has 0 bridgehead atoms. The van der Waals surface area contributed by atoms with Crippen molar-refractivity contribution in [3.05, 3.63) is 34.9 Å². The Morgan fingerprint density at radius 3 is 2.62 bits per heavy atom. The van der Waals surface area contributed by atoms with Gasteiger partial charge in [0.2, 0.25) is 0 Å². The Balaban J connectivity index is 1.97. The van der Waals surface area contributed by atoms with E-state index in [1.54, 1.807) is 29.2 Å². The molecule has 1 amide bonds. The fourth-order valence-electron chi connectivity index (χ4n) is 1.73. The zero-order valence-electron chi connectivity index (χ0n) is 9.24. The minimum absolute atomic E-state index is 0.0466. The van der Waals surface area contributed by atoms with Crippen LogP contribution in [-0.4, -0.2) is 37.0 Å². The average Bonchev–Trinajstić information content (AvgIpc) is 2.23. The molecule has 1 aliphatic rings. The average molecular weight is 239 g/mol. The maximum Gasteiger partial charge on any atom is 0.253 e. The van der Waals surface area contributed by atoms with Gasteiger partial charge >= 0.3 is 0 Å². The number of benzene rings is 1. The van der Waals surface area contributed by atoms with Crippen LogP contribution in [0.2, 0.25) is 5.02 Å². The first-order valence-electron chi connectivity index (χ1n) is 5.41. The van der Waals surface area contributed by atoms with E-state index >= 15 is 0 Å². The Kier molecular flexibility index (Phi) is 3.46. The number of hydrogen-bond acceptors (Lipinski definition) is 2. The first-order valence-corrected chi connectivity index (χ1v) is 5.79. The molecule has 1 saturated heterocycles. The third-order valence-electron chi connectivity index (χ3n) is 2.86. The second-order valence-electron chi connectivity index (χ2n) is 4.13. The highest BCUT2D eigenvalue weighted by molar-refractivity contribution is 6.30. The quantitative estimate of drug-likeness (QED) is 0.871. The molecule has 1 unspecified atom stereocenters. The van der Waals surface area contributed by atoms with Crippen LogP contribution in [0, 0.1) is 0 Å². The number of carbonyl (C=O) groups is 1. The summed E-state index contributed by atoms with van der Waals surface area (Å²) in [6.45, 7) is 1.83. The normalized spacial score (nSPS) is 19.0. The zero-order chi connectivity index (χ0) is 11.5. The highest BCUT2D eigenvalue weighted by Crippen LogP contribution is 2.12. The van der Waals surface area contributed by atoms with Gasteiger partial charge in [0.15, 0.2) is 0 Å². The molecule has 1 aliphatic heterocycles. The van der Waals surface area contributed by atoms with E-state index in [-0.39, 0.29) is 5.91 Å². The summed E-state index contributed by atoms with van der Waals surface area (Å²) < 4.78 is 0. The minimum atomic E-state index is 0.0466. The highest BCUT2D eigenvalue weighted by Gasteiger charge is 2.21. The molecule has 0 radical (unpaired) electrons. The Morgan fingerprint density at radius 2 is 2.12 bits per heavy atom. The Labute approximate surface area is 100 Å². The van der Waals surface area contributed by atoms with E-state index in [1.807, 2.05) is 7.05 Å². The lowest BCUT2D eigenvalue weighted by molar-refractivity contribution is 0.0766. The van der Waals surface area contributed by atoms with Crippen LogP contribution < -0.4 is 5.32 Å². The van der Waals surface area contributed by atoms with Crippen LogP contribution in [0.5, 0.6) is 0 Å². The Bertz CT molecular complexity index is 373. The molecule has 1 aromatic rings. The molecule has 1 N–H and O–H groups in total. The fourth-order valence-corrected chi connectivity index (χ4v) is 1.86. The summed E-state index contributed by atoms with van der Waals surface area (Å²) >= 11 is 5.78. The van der Waals surface area contributed by atoms with Gasteiger partial charge in [0.1, 0.15) is 0 Å². The standard InChI is InChI=1S/C12H15ClN2O/c1-15(8-11-6-7-14-11)12(16)9-2-4-10(13)5-3-9/h2-5,11,14H,6-8H2,1H3. The molecule has 2 rings (SSSR count). The maximum atomic E-state index is 12.0. The molecule has 3 nitrogen and oxygen atoms in total. The third-order valence-corrected chi connectivity index (χ3v) is 3.11. The summed E-state index contributed by atoms with van der Waals surface area (Å²) in [6, 6.07) is 7.46. The van der Waals surface area contributed by atoms with Gasteiger partial charge < -0.3 is 10.2 Å². The predicted molar refractivity (Wildman–Crippen MR) is 64.8 cm³/mol. The van der Waals surface area contributed by atoms with Gasteiger partial charge in [0.05, 0.1) is 0 Å². The molecular weight excluding hydrogens is 224 g/mol. The second kappa shape index (κ2) is 4.85. The van der Waals surface area contributed by atoms with E-state index < -0.39 is 0 Å². The SMILES string of the molecule is CN(CC1CCN1)C(=O)c1ccc(Cl)cc1. The van der Waals surface area contributed by atoms with Gasteiger partial charge in [-0.2, -0.15) is 0 Å². The number of likely N-dealkylation sites (N-methyl/N-ethyl adjacent to an activating group) is 1. The van der Waals surface area contributed by atoms with Crippen molar-refractivity contribution < 1.29 is 4.79 Å². The zero-order valence-corrected chi connectivity index (χ0v) is 10.00. The molecule has 1 atom stereocenters. The fraction of sp³-hybridized carbons (Fsp3) is 0.417. The number of amides is 1. The summed E-state index contributed by atoms with van der Waals surface area (Å²) in [7, 11) is 1.83. The van der Waals surface area contributed by atoms with Gasteiger partial charge in [0.25, 0.3) is 5.91 Å².